The molecule has 3 nitrogen and oxygen atoms in total. The van der Waals surface area contributed by atoms with E-state index in [4.69, 9.17) is 0 Å². The number of benzene rings is 1. The van der Waals surface area contributed by atoms with Gasteiger partial charge in [-0.25, -0.2) is 13.1 Å². The quantitative estimate of drug-likeness (QED) is 0.695. The molecule has 0 aliphatic carbocycles. The third kappa shape index (κ3) is 1.35. The fourth-order valence-electron chi connectivity index (χ4n) is 1.27. The van der Waals surface area contributed by atoms with Crippen LogP contribution < -0.4 is 4.72 Å². The second-order valence-corrected chi connectivity index (χ2v) is 4.66. The molecule has 1 aromatic carbocycles. The van der Waals surface area contributed by atoms with Crippen molar-refractivity contribution in [2.75, 3.05) is 5.75 Å². The van der Waals surface area contributed by atoms with Crippen LogP contribution in [0.1, 0.15) is 11.6 Å². The molecule has 1 unspecified atom stereocenters. The van der Waals surface area contributed by atoms with Crippen molar-refractivity contribution < 1.29 is 8.42 Å². The molecule has 1 heterocycles. The van der Waals surface area contributed by atoms with Gasteiger partial charge in [-0.15, -0.1) is 0 Å². The van der Waals surface area contributed by atoms with Gasteiger partial charge in [0.25, 0.3) is 0 Å². The first kappa shape index (κ1) is 7.76. The fourth-order valence-corrected chi connectivity index (χ4v) is 2.43. The zero-order chi connectivity index (χ0) is 8.60. The zero-order valence-corrected chi connectivity index (χ0v) is 7.21. The Kier molecular flexibility index (Phi) is 1.66. The molecule has 64 valence electrons. The van der Waals surface area contributed by atoms with Gasteiger partial charge in [0.15, 0.2) is 0 Å². The van der Waals surface area contributed by atoms with E-state index in [1.807, 2.05) is 30.3 Å². The summed E-state index contributed by atoms with van der Waals surface area (Å²) in [6.45, 7) is 0. The average molecular weight is 183 g/mol. The summed E-state index contributed by atoms with van der Waals surface area (Å²) in [5.41, 5.74) is 1.03. The Hall–Kier alpha value is -0.870. The highest BCUT2D eigenvalue weighted by Crippen LogP contribution is 2.22. The normalized spacial score (nSPS) is 26.2. The van der Waals surface area contributed by atoms with Gasteiger partial charge < -0.3 is 0 Å². The Morgan fingerprint density at radius 2 is 1.83 bits per heavy atom. The number of hydrogen-bond acceptors (Lipinski definition) is 2. The molecule has 0 radical (unpaired) electrons. The molecule has 1 fully saturated rings. The van der Waals surface area contributed by atoms with Crippen LogP contribution in [0, 0.1) is 0 Å². The lowest BCUT2D eigenvalue weighted by atomic mass is 10.1. The van der Waals surface area contributed by atoms with Crippen molar-refractivity contribution >= 4 is 10.0 Å². The zero-order valence-electron chi connectivity index (χ0n) is 6.40. The van der Waals surface area contributed by atoms with E-state index in [0.29, 0.717) is 0 Å². The monoisotopic (exact) mass is 183 g/mol. The van der Waals surface area contributed by atoms with Gasteiger partial charge in [-0.2, -0.15) is 0 Å². The molecule has 0 amide bonds. The maximum absolute atomic E-state index is 10.8. The van der Waals surface area contributed by atoms with Crippen molar-refractivity contribution in [3.05, 3.63) is 35.9 Å². The molecule has 0 bridgehead atoms. The number of rotatable bonds is 1. The minimum atomic E-state index is -2.93. The van der Waals surface area contributed by atoms with Crippen molar-refractivity contribution in [3.8, 4) is 0 Å². The van der Waals surface area contributed by atoms with E-state index in [1.54, 1.807) is 0 Å². The Labute approximate surface area is 71.5 Å². The molecule has 0 spiro atoms. The summed E-state index contributed by atoms with van der Waals surface area (Å²) in [6.07, 6.45) is 0. The van der Waals surface area contributed by atoms with Crippen LogP contribution in [0.4, 0.5) is 0 Å². The third-order valence-corrected chi connectivity index (χ3v) is 3.33. The van der Waals surface area contributed by atoms with E-state index in [9.17, 15) is 8.42 Å². The molecule has 0 aromatic heterocycles. The summed E-state index contributed by atoms with van der Waals surface area (Å²) in [4.78, 5) is 0. The Morgan fingerprint density at radius 3 is 2.33 bits per heavy atom. The van der Waals surface area contributed by atoms with Crippen LogP contribution in [-0.2, 0) is 10.0 Å². The van der Waals surface area contributed by atoms with Crippen molar-refractivity contribution in [1.82, 2.24) is 4.72 Å². The van der Waals surface area contributed by atoms with Crippen LogP contribution in [0.15, 0.2) is 30.3 Å². The van der Waals surface area contributed by atoms with Crippen LogP contribution in [-0.4, -0.2) is 14.2 Å². The Bertz CT molecular complexity index is 359. The first-order valence-corrected chi connectivity index (χ1v) is 5.37. The lowest BCUT2D eigenvalue weighted by Crippen LogP contribution is -2.46. The maximum Gasteiger partial charge on any atom is 0.214 e. The van der Waals surface area contributed by atoms with Gasteiger partial charge in [0.1, 0.15) is 0 Å². The molecule has 4 heteroatoms. The SMILES string of the molecule is O=S1(=O)CC(c2ccccc2)N1. The van der Waals surface area contributed by atoms with Crippen LogP contribution >= 0.6 is 0 Å². The molecule has 1 atom stereocenters. The van der Waals surface area contributed by atoms with E-state index in [0.717, 1.165) is 5.56 Å². The molecule has 1 saturated heterocycles. The van der Waals surface area contributed by atoms with Crippen LogP contribution in [0.5, 0.6) is 0 Å². The Morgan fingerprint density at radius 1 is 1.25 bits per heavy atom. The summed E-state index contributed by atoms with van der Waals surface area (Å²) in [6, 6.07) is 9.57. The summed E-state index contributed by atoms with van der Waals surface area (Å²) in [7, 11) is -2.93. The van der Waals surface area contributed by atoms with Crippen molar-refractivity contribution in [3.63, 3.8) is 0 Å². The first-order chi connectivity index (χ1) is 5.67. The van der Waals surface area contributed by atoms with Gasteiger partial charge in [0.05, 0.1) is 11.8 Å². The van der Waals surface area contributed by atoms with Gasteiger partial charge in [-0.3, -0.25) is 0 Å². The summed E-state index contributed by atoms with van der Waals surface area (Å²) >= 11 is 0. The molecular formula is C8H9NO2S. The highest BCUT2D eigenvalue weighted by molar-refractivity contribution is 7.90. The average Bonchev–Trinajstić information content (AvgIpc) is 2.02. The second kappa shape index (κ2) is 2.57. The van der Waals surface area contributed by atoms with E-state index < -0.39 is 10.0 Å². The maximum atomic E-state index is 10.8. The van der Waals surface area contributed by atoms with Crippen molar-refractivity contribution in [2.24, 2.45) is 0 Å². The second-order valence-electron chi connectivity index (χ2n) is 2.86. The van der Waals surface area contributed by atoms with Crippen LogP contribution in [0.3, 0.4) is 0 Å². The molecule has 1 aliphatic rings. The topological polar surface area (TPSA) is 46.2 Å². The van der Waals surface area contributed by atoms with Gasteiger partial charge in [-0.1, -0.05) is 30.3 Å². The highest BCUT2D eigenvalue weighted by atomic mass is 32.2. The minimum absolute atomic E-state index is 0.00352. The van der Waals surface area contributed by atoms with Crippen LogP contribution in [0.2, 0.25) is 0 Å². The van der Waals surface area contributed by atoms with Gasteiger partial charge in [-0.05, 0) is 5.56 Å². The summed E-state index contributed by atoms with van der Waals surface area (Å²) in [5.74, 6) is 0.219. The van der Waals surface area contributed by atoms with E-state index in [2.05, 4.69) is 4.72 Å². The lowest BCUT2D eigenvalue weighted by Gasteiger charge is -2.27. The van der Waals surface area contributed by atoms with Gasteiger partial charge >= 0.3 is 0 Å². The van der Waals surface area contributed by atoms with E-state index >= 15 is 0 Å². The molecule has 1 aromatic rings. The Balaban J connectivity index is 2.16. The third-order valence-electron chi connectivity index (χ3n) is 1.91. The molecule has 1 N–H and O–H groups in total. The largest absolute Gasteiger partial charge is 0.214 e. The molecule has 2 rings (SSSR count). The van der Waals surface area contributed by atoms with Crippen molar-refractivity contribution in [1.29, 1.82) is 0 Å². The van der Waals surface area contributed by atoms with Crippen molar-refractivity contribution in [2.45, 2.75) is 6.04 Å². The first-order valence-electron chi connectivity index (χ1n) is 3.72. The number of nitrogens with one attached hydrogen (secondary N) is 1. The summed E-state index contributed by atoms with van der Waals surface area (Å²) < 4.78 is 24.0. The van der Waals surface area contributed by atoms with E-state index in [-0.39, 0.29) is 11.8 Å². The standard InChI is InChI=1S/C8H9NO2S/c10-12(11)6-8(9-12)7-4-2-1-3-5-7/h1-5,8-9H,6H2. The molecule has 0 saturated carbocycles. The van der Waals surface area contributed by atoms with Gasteiger partial charge in [0, 0.05) is 0 Å². The predicted molar refractivity (Wildman–Crippen MR) is 46.1 cm³/mol. The number of hydrogen-bond donors (Lipinski definition) is 1. The molecule has 1 aliphatic heterocycles. The smallest absolute Gasteiger partial charge is 0.212 e. The van der Waals surface area contributed by atoms with Gasteiger partial charge in [0.2, 0.25) is 10.0 Å². The summed E-state index contributed by atoms with van der Waals surface area (Å²) in [5, 5.41) is 0. The van der Waals surface area contributed by atoms with Crippen LogP contribution in [0.25, 0.3) is 0 Å². The van der Waals surface area contributed by atoms with E-state index in [1.165, 1.54) is 0 Å². The number of sulfonamides is 1. The molecular weight excluding hydrogens is 174 g/mol. The highest BCUT2D eigenvalue weighted by Gasteiger charge is 2.32. The fraction of sp³-hybridized carbons (Fsp3) is 0.250. The lowest BCUT2D eigenvalue weighted by molar-refractivity contribution is 0.525. The minimum Gasteiger partial charge on any atom is -0.212 e. The predicted octanol–water partition coefficient (Wildman–Crippen LogP) is 0.661. The molecule has 12 heavy (non-hydrogen) atoms.